The Balaban J connectivity index is 1.73. The highest BCUT2D eigenvalue weighted by Crippen LogP contribution is 2.12. The molecule has 8 heteroatoms. The normalized spacial score (nSPS) is 12.2. The Labute approximate surface area is 150 Å². The van der Waals surface area contributed by atoms with Crippen molar-refractivity contribution in [2.75, 3.05) is 19.0 Å². The molecule has 3 N–H and O–H groups in total. The Morgan fingerprint density at radius 2 is 2.15 bits per heavy atom. The van der Waals surface area contributed by atoms with Crippen LogP contribution in [0, 0.1) is 0 Å². The Morgan fingerprint density at radius 1 is 1.31 bits per heavy atom. The van der Waals surface area contributed by atoms with E-state index in [-0.39, 0.29) is 30.7 Å². The summed E-state index contributed by atoms with van der Waals surface area (Å²) in [5, 5.41) is 7.13. The van der Waals surface area contributed by atoms with Gasteiger partial charge in [-0.25, -0.2) is 9.48 Å². The summed E-state index contributed by atoms with van der Waals surface area (Å²) in [5.41, 5.74) is 7.43. The number of ether oxygens (including phenoxy) is 1. The quantitative estimate of drug-likeness (QED) is 0.654. The first-order valence-corrected chi connectivity index (χ1v) is 8.26. The Kier molecular flexibility index (Phi) is 5.45. The fourth-order valence-corrected chi connectivity index (χ4v) is 2.67. The maximum absolute atomic E-state index is 12.4. The lowest BCUT2D eigenvalue weighted by Gasteiger charge is -2.13. The van der Waals surface area contributed by atoms with Crippen LogP contribution in [0.5, 0.6) is 0 Å². The number of nitrogens with one attached hydrogen (secondary N) is 1. The molecule has 26 heavy (non-hydrogen) atoms. The summed E-state index contributed by atoms with van der Waals surface area (Å²) >= 11 is 0. The largest absolute Gasteiger partial charge is 0.380 e. The van der Waals surface area contributed by atoms with E-state index in [4.69, 9.17) is 10.5 Å². The van der Waals surface area contributed by atoms with Crippen molar-refractivity contribution in [2.24, 2.45) is 5.73 Å². The predicted molar refractivity (Wildman–Crippen MR) is 98.1 cm³/mol. The number of aromatic nitrogens is 3. The molecule has 0 bridgehead atoms. The van der Waals surface area contributed by atoms with Gasteiger partial charge in [0.05, 0.1) is 19.1 Å². The number of amides is 1. The Bertz CT molecular complexity index is 959. The molecule has 3 rings (SSSR count). The molecule has 0 aliphatic carbocycles. The SMILES string of the molecule is COC(CN)CC(=O)Nc1cccc(Cn2nc3ccccn3c2=O)c1. The zero-order chi connectivity index (χ0) is 18.5. The molecule has 0 aliphatic heterocycles. The second-order valence-corrected chi connectivity index (χ2v) is 5.92. The van der Waals surface area contributed by atoms with Crippen LogP contribution in [0.2, 0.25) is 0 Å². The average molecular weight is 355 g/mol. The van der Waals surface area contributed by atoms with Crippen LogP contribution in [-0.4, -0.2) is 39.8 Å². The summed E-state index contributed by atoms with van der Waals surface area (Å²) in [6.45, 7) is 0.592. The third kappa shape index (κ3) is 3.98. The number of rotatable bonds is 7. The van der Waals surface area contributed by atoms with Crippen molar-refractivity contribution in [3.63, 3.8) is 0 Å². The molecule has 8 nitrogen and oxygen atoms in total. The maximum Gasteiger partial charge on any atom is 0.350 e. The summed E-state index contributed by atoms with van der Waals surface area (Å²) in [6, 6.07) is 12.7. The predicted octanol–water partition coefficient (Wildman–Crippen LogP) is 0.847. The van der Waals surface area contributed by atoms with Crippen LogP contribution in [0.1, 0.15) is 12.0 Å². The zero-order valence-electron chi connectivity index (χ0n) is 14.5. The van der Waals surface area contributed by atoms with Gasteiger partial charge in [0, 0.05) is 25.5 Å². The number of anilines is 1. The van der Waals surface area contributed by atoms with Gasteiger partial charge in [0.25, 0.3) is 0 Å². The first-order chi connectivity index (χ1) is 12.6. The highest BCUT2D eigenvalue weighted by Gasteiger charge is 2.12. The summed E-state index contributed by atoms with van der Waals surface area (Å²) < 4.78 is 8.00. The van der Waals surface area contributed by atoms with Gasteiger partial charge in [-0.1, -0.05) is 18.2 Å². The van der Waals surface area contributed by atoms with E-state index in [0.717, 1.165) is 5.56 Å². The smallest absolute Gasteiger partial charge is 0.350 e. The topological polar surface area (TPSA) is 104 Å². The fraction of sp³-hybridized carbons (Fsp3) is 0.278. The Morgan fingerprint density at radius 3 is 2.88 bits per heavy atom. The molecule has 1 unspecified atom stereocenters. The van der Waals surface area contributed by atoms with Gasteiger partial charge >= 0.3 is 5.69 Å². The summed E-state index contributed by atoms with van der Waals surface area (Å²) in [4.78, 5) is 24.4. The fourth-order valence-electron chi connectivity index (χ4n) is 2.67. The number of nitrogens with two attached hydrogens (primary N) is 1. The van der Waals surface area contributed by atoms with Gasteiger partial charge in [-0.15, -0.1) is 5.10 Å². The van der Waals surface area contributed by atoms with Crippen molar-refractivity contribution in [3.8, 4) is 0 Å². The van der Waals surface area contributed by atoms with Crippen LogP contribution < -0.4 is 16.7 Å². The molecule has 1 aromatic carbocycles. The second-order valence-electron chi connectivity index (χ2n) is 5.92. The van der Waals surface area contributed by atoms with E-state index in [0.29, 0.717) is 17.9 Å². The minimum Gasteiger partial charge on any atom is -0.380 e. The van der Waals surface area contributed by atoms with Crippen LogP contribution in [-0.2, 0) is 16.1 Å². The third-order valence-electron chi connectivity index (χ3n) is 4.04. The van der Waals surface area contributed by atoms with E-state index >= 15 is 0 Å². The summed E-state index contributed by atoms with van der Waals surface area (Å²) in [6.07, 6.45) is 1.56. The van der Waals surface area contributed by atoms with Crippen LogP contribution in [0.15, 0.2) is 53.5 Å². The van der Waals surface area contributed by atoms with Gasteiger partial charge in [0.2, 0.25) is 5.91 Å². The monoisotopic (exact) mass is 355 g/mol. The molecule has 2 heterocycles. The standard InChI is InChI=1S/C18H21N5O3/c1-26-15(11-19)10-17(24)20-14-6-4-5-13(9-14)12-23-18(25)22-8-3-2-7-16(22)21-23/h2-9,15H,10-12,19H2,1H3,(H,20,24). The molecule has 2 aromatic heterocycles. The molecule has 0 spiro atoms. The maximum atomic E-state index is 12.4. The average Bonchev–Trinajstić information content (AvgIpc) is 2.96. The van der Waals surface area contributed by atoms with Crippen molar-refractivity contribution in [2.45, 2.75) is 19.1 Å². The van der Waals surface area contributed by atoms with E-state index in [1.54, 1.807) is 24.4 Å². The highest BCUT2D eigenvalue weighted by atomic mass is 16.5. The van der Waals surface area contributed by atoms with Crippen LogP contribution in [0.3, 0.4) is 0 Å². The second kappa shape index (κ2) is 7.94. The number of carbonyl (C=O) groups is 1. The van der Waals surface area contributed by atoms with Gasteiger partial charge in [-0.05, 0) is 29.8 Å². The van der Waals surface area contributed by atoms with E-state index < -0.39 is 0 Å². The number of nitrogens with zero attached hydrogens (tertiary/aromatic N) is 3. The van der Waals surface area contributed by atoms with Gasteiger partial charge in [0.15, 0.2) is 5.65 Å². The molecular weight excluding hydrogens is 334 g/mol. The summed E-state index contributed by atoms with van der Waals surface area (Å²) in [7, 11) is 1.53. The molecule has 1 amide bonds. The third-order valence-corrected chi connectivity index (χ3v) is 4.04. The lowest BCUT2D eigenvalue weighted by Crippen LogP contribution is -2.28. The molecular formula is C18H21N5O3. The molecule has 1 atom stereocenters. The van der Waals surface area contributed by atoms with Crippen molar-refractivity contribution in [1.82, 2.24) is 14.2 Å². The van der Waals surface area contributed by atoms with Crippen LogP contribution >= 0.6 is 0 Å². The zero-order valence-corrected chi connectivity index (χ0v) is 14.5. The first kappa shape index (κ1) is 17.8. The molecule has 0 saturated carbocycles. The van der Waals surface area contributed by atoms with Crippen LogP contribution in [0.25, 0.3) is 5.65 Å². The van der Waals surface area contributed by atoms with Crippen molar-refractivity contribution >= 4 is 17.2 Å². The molecule has 0 aliphatic rings. The number of carbonyl (C=O) groups excluding carboxylic acids is 1. The number of pyridine rings is 1. The minimum absolute atomic E-state index is 0.177. The lowest BCUT2D eigenvalue weighted by molar-refractivity contribution is -0.118. The van der Waals surface area contributed by atoms with Gasteiger partial charge in [0.1, 0.15) is 0 Å². The van der Waals surface area contributed by atoms with Crippen molar-refractivity contribution in [1.29, 1.82) is 0 Å². The highest BCUT2D eigenvalue weighted by molar-refractivity contribution is 5.91. The Hall–Kier alpha value is -2.97. The van der Waals surface area contributed by atoms with Gasteiger partial charge in [-0.3, -0.25) is 9.20 Å². The molecule has 0 radical (unpaired) electrons. The van der Waals surface area contributed by atoms with Gasteiger partial charge in [-0.2, -0.15) is 0 Å². The molecule has 0 fully saturated rings. The number of hydrogen-bond acceptors (Lipinski definition) is 5. The van der Waals surface area contributed by atoms with E-state index in [1.165, 1.54) is 16.2 Å². The minimum atomic E-state index is -0.310. The number of fused-ring (bicyclic) bond motifs is 1. The number of methoxy groups -OCH3 is 1. The van der Waals surface area contributed by atoms with Gasteiger partial charge < -0.3 is 15.8 Å². The molecule has 136 valence electrons. The summed E-state index contributed by atoms with van der Waals surface area (Å²) in [5.74, 6) is -0.177. The van der Waals surface area contributed by atoms with E-state index in [9.17, 15) is 9.59 Å². The number of hydrogen-bond donors (Lipinski definition) is 2. The molecule has 0 saturated heterocycles. The van der Waals surface area contributed by atoms with Crippen molar-refractivity contribution in [3.05, 3.63) is 64.7 Å². The van der Waals surface area contributed by atoms with E-state index in [2.05, 4.69) is 10.4 Å². The van der Waals surface area contributed by atoms with Crippen molar-refractivity contribution < 1.29 is 9.53 Å². The molecule has 3 aromatic rings. The number of benzene rings is 1. The van der Waals surface area contributed by atoms with E-state index in [1.807, 2.05) is 24.3 Å². The van der Waals surface area contributed by atoms with Crippen LogP contribution in [0.4, 0.5) is 5.69 Å². The first-order valence-electron chi connectivity index (χ1n) is 8.26. The lowest BCUT2D eigenvalue weighted by atomic mass is 10.2.